The second-order valence-electron chi connectivity index (χ2n) is 5.88. The molecule has 2 aromatic rings. The second-order valence-corrected chi connectivity index (χ2v) is 9.26. The third kappa shape index (κ3) is 4.07. The standard InChI is InChI=1S/C15H19N3O6S2/c1-25(20,21)16-13-4-2-3-12-11(13)5-6-14(15(12)19)26(22,23)17-18-7-9-24-10-8-18/h2-6,16-17,19H,7-10H2,1H3. The number of ether oxygens (including phenoxy) is 1. The first-order valence-corrected chi connectivity index (χ1v) is 11.1. The summed E-state index contributed by atoms with van der Waals surface area (Å²) in [5.41, 5.74) is 0.255. The molecule has 0 amide bonds. The Hall–Kier alpha value is -1.92. The lowest BCUT2D eigenvalue weighted by atomic mass is 10.1. The van der Waals surface area contributed by atoms with E-state index in [4.69, 9.17) is 4.74 Å². The number of anilines is 1. The van der Waals surface area contributed by atoms with Crippen molar-refractivity contribution in [1.82, 2.24) is 9.84 Å². The van der Waals surface area contributed by atoms with Crippen LogP contribution in [-0.2, 0) is 24.8 Å². The third-order valence-corrected chi connectivity index (χ3v) is 5.84. The number of phenolic OH excluding ortho intramolecular Hbond substituents is 1. The van der Waals surface area contributed by atoms with Crippen molar-refractivity contribution in [3.63, 3.8) is 0 Å². The molecule has 1 aliphatic rings. The van der Waals surface area contributed by atoms with Gasteiger partial charge in [-0.3, -0.25) is 4.72 Å². The van der Waals surface area contributed by atoms with E-state index >= 15 is 0 Å². The number of sulfonamides is 2. The predicted molar refractivity (Wildman–Crippen MR) is 96.8 cm³/mol. The summed E-state index contributed by atoms with van der Waals surface area (Å²) in [7, 11) is -7.52. The van der Waals surface area contributed by atoms with Gasteiger partial charge in [-0.25, -0.2) is 21.8 Å². The van der Waals surface area contributed by atoms with Gasteiger partial charge in [-0.1, -0.05) is 18.2 Å². The molecule has 0 spiro atoms. The van der Waals surface area contributed by atoms with Crippen LogP contribution in [0.25, 0.3) is 10.8 Å². The average Bonchev–Trinajstić information content (AvgIpc) is 2.55. The summed E-state index contributed by atoms with van der Waals surface area (Å²) in [4.78, 5) is 2.14. The summed E-state index contributed by atoms with van der Waals surface area (Å²) in [6, 6.07) is 7.28. The maximum Gasteiger partial charge on any atom is 0.257 e. The van der Waals surface area contributed by atoms with Crippen molar-refractivity contribution < 1.29 is 26.7 Å². The summed E-state index contributed by atoms with van der Waals surface area (Å²) >= 11 is 0. The van der Waals surface area contributed by atoms with Crippen molar-refractivity contribution in [3.8, 4) is 5.75 Å². The molecule has 0 unspecified atom stereocenters. The number of hydrogen-bond acceptors (Lipinski definition) is 7. The van der Waals surface area contributed by atoms with Crippen LogP contribution in [0.1, 0.15) is 0 Å². The number of fused-ring (bicyclic) bond motifs is 1. The number of hydrazine groups is 1. The number of nitrogens with one attached hydrogen (secondary N) is 2. The molecule has 11 heteroatoms. The van der Waals surface area contributed by atoms with E-state index in [1.807, 2.05) is 0 Å². The molecule has 1 aliphatic heterocycles. The van der Waals surface area contributed by atoms with Gasteiger partial charge < -0.3 is 9.84 Å². The van der Waals surface area contributed by atoms with Crippen molar-refractivity contribution in [2.75, 3.05) is 37.3 Å². The molecule has 9 nitrogen and oxygen atoms in total. The highest BCUT2D eigenvalue weighted by atomic mass is 32.2. The van der Waals surface area contributed by atoms with E-state index in [0.29, 0.717) is 31.7 Å². The van der Waals surface area contributed by atoms with Gasteiger partial charge in [0.2, 0.25) is 10.0 Å². The molecule has 3 N–H and O–H groups in total. The molecule has 1 fully saturated rings. The Bertz CT molecular complexity index is 1030. The van der Waals surface area contributed by atoms with Crippen molar-refractivity contribution in [1.29, 1.82) is 0 Å². The molecule has 2 aromatic carbocycles. The smallest absolute Gasteiger partial charge is 0.257 e. The summed E-state index contributed by atoms with van der Waals surface area (Å²) in [5.74, 6) is -0.444. The van der Waals surface area contributed by atoms with E-state index in [2.05, 4.69) is 9.55 Å². The first-order valence-electron chi connectivity index (χ1n) is 7.75. The van der Waals surface area contributed by atoms with Gasteiger partial charge in [0.1, 0.15) is 10.6 Å². The molecule has 0 saturated carbocycles. The van der Waals surface area contributed by atoms with E-state index in [1.54, 1.807) is 0 Å². The fourth-order valence-electron chi connectivity index (χ4n) is 2.70. The average molecular weight is 401 g/mol. The van der Waals surface area contributed by atoms with Gasteiger partial charge in [0.05, 0.1) is 25.2 Å². The lowest BCUT2D eigenvalue weighted by molar-refractivity contribution is 0.0272. The number of aromatic hydroxyl groups is 1. The fourth-order valence-corrected chi connectivity index (χ4v) is 4.51. The number of nitrogens with zero attached hydrogens (tertiary/aromatic N) is 1. The van der Waals surface area contributed by atoms with Crippen LogP contribution in [0.2, 0.25) is 0 Å². The van der Waals surface area contributed by atoms with E-state index < -0.39 is 25.8 Å². The molecule has 3 rings (SSSR count). The Morgan fingerprint density at radius 2 is 1.73 bits per heavy atom. The highest BCUT2D eigenvalue weighted by molar-refractivity contribution is 7.92. The van der Waals surface area contributed by atoms with E-state index in [0.717, 1.165) is 6.26 Å². The minimum atomic E-state index is -4.00. The summed E-state index contributed by atoms with van der Waals surface area (Å²) in [6.45, 7) is 1.62. The molecule has 26 heavy (non-hydrogen) atoms. The van der Waals surface area contributed by atoms with Crippen LogP contribution < -0.4 is 9.55 Å². The van der Waals surface area contributed by atoms with Crippen molar-refractivity contribution in [3.05, 3.63) is 30.3 Å². The first-order chi connectivity index (χ1) is 12.2. The number of phenols is 1. The van der Waals surface area contributed by atoms with Crippen LogP contribution in [0.5, 0.6) is 5.75 Å². The van der Waals surface area contributed by atoms with Crippen LogP contribution in [0.15, 0.2) is 35.2 Å². The van der Waals surface area contributed by atoms with Crippen LogP contribution in [0.4, 0.5) is 5.69 Å². The minimum Gasteiger partial charge on any atom is -0.506 e. The van der Waals surface area contributed by atoms with Crippen molar-refractivity contribution >= 4 is 36.5 Å². The fraction of sp³-hybridized carbons (Fsp3) is 0.333. The largest absolute Gasteiger partial charge is 0.506 e. The minimum absolute atomic E-state index is 0.225. The zero-order valence-electron chi connectivity index (χ0n) is 14.0. The Morgan fingerprint density at radius 3 is 2.38 bits per heavy atom. The van der Waals surface area contributed by atoms with Crippen LogP contribution in [0.3, 0.4) is 0 Å². The molecule has 1 heterocycles. The zero-order chi connectivity index (χ0) is 18.9. The molecular formula is C15H19N3O6S2. The molecule has 1 saturated heterocycles. The van der Waals surface area contributed by atoms with Gasteiger partial charge in [0.25, 0.3) is 10.0 Å². The molecule has 0 radical (unpaired) electrons. The predicted octanol–water partition coefficient (Wildman–Crippen LogP) is 0.442. The molecule has 0 aliphatic carbocycles. The van der Waals surface area contributed by atoms with Gasteiger partial charge in [0.15, 0.2) is 0 Å². The van der Waals surface area contributed by atoms with E-state index in [9.17, 15) is 21.9 Å². The molecular weight excluding hydrogens is 382 g/mol. The summed E-state index contributed by atoms with van der Waals surface area (Å²) in [5, 5.41) is 12.6. The summed E-state index contributed by atoms with van der Waals surface area (Å²) in [6.07, 6.45) is 1.01. The quantitative estimate of drug-likeness (QED) is 0.664. The highest BCUT2D eigenvalue weighted by Gasteiger charge is 2.24. The third-order valence-electron chi connectivity index (χ3n) is 3.84. The summed E-state index contributed by atoms with van der Waals surface area (Å²) < 4.78 is 55.7. The number of morpholine rings is 1. The lowest BCUT2D eigenvalue weighted by Gasteiger charge is -2.26. The van der Waals surface area contributed by atoms with Gasteiger partial charge in [-0.2, -0.15) is 0 Å². The number of benzene rings is 2. The highest BCUT2D eigenvalue weighted by Crippen LogP contribution is 2.35. The van der Waals surface area contributed by atoms with Gasteiger partial charge in [-0.05, 0) is 12.1 Å². The van der Waals surface area contributed by atoms with Gasteiger partial charge in [0, 0.05) is 23.9 Å². The lowest BCUT2D eigenvalue weighted by Crippen LogP contribution is -2.48. The van der Waals surface area contributed by atoms with Gasteiger partial charge in [-0.15, -0.1) is 4.83 Å². The molecule has 0 atom stereocenters. The molecule has 142 valence electrons. The Balaban J connectivity index is 2.01. The normalized spacial score (nSPS) is 16.7. The Kier molecular flexibility index (Phi) is 5.08. The Labute approximate surface area is 151 Å². The first kappa shape index (κ1) is 18.9. The monoisotopic (exact) mass is 401 g/mol. The number of hydrogen-bond donors (Lipinski definition) is 3. The van der Waals surface area contributed by atoms with Gasteiger partial charge >= 0.3 is 0 Å². The van der Waals surface area contributed by atoms with E-state index in [1.165, 1.54) is 35.3 Å². The number of rotatable bonds is 5. The maximum absolute atomic E-state index is 12.6. The second kappa shape index (κ2) is 7.00. The molecule has 0 bridgehead atoms. The SMILES string of the molecule is CS(=O)(=O)Nc1cccc2c(O)c(S(=O)(=O)NN3CCOCC3)ccc12. The molecule has 0 aromatic heterocycles. The topological polar surface area (TPSA) is 125 Å². The van der Waals surface area contributed by atoms with Crippen molar-refractivity contribution in [2.24, 2.45) is 0 Å². The van der Waals surface area contributed by atoms with Crippen LogP contribution >= 0.6 is 0 Å². The van der Waals surface area contributed by atoms with E-state index in [-0.39, 0.29) is 16.0 Å². The Morgan fingerprint density at radius 1 is 1.04 bits per heavy atom. The zero-order valence-corrected chi connectivity index (χ0v) is 15.6. The van der Waals surface area contributed by atoms with Crippen LogP contribution in [0, 0.1) is 0 Å². The van der Waals surface area contributed by atoms with Crippen LogP contribution in [-0.4, -0.2) is 59.5 Å². The van der Waals surface area contributed by atoms with Crippen molar-refractivity contribution in [2.45, 2.75) is 4.90 Å². The maximum atomic E-state index is 12.6.